The first-order valence-electron chi connectivity index (χ1n) is 13.9. The van der Waals surface area contributed by atoms with E-state index in [4.69, 9.17) is 11.6 Å². The summed E-state index contributed by atoms with van der Waals surface area (Å²) in [4.78, 5) is 32.5. The molecule has 2 aromatic carbocycles. The van der Waals surface area contributed by atoms with Gasteiger partial charge in [0.15, 0.2) is 0 Å². The Morgan fingerprint density at radius 1 is 1.12 bits per heavy atom. The number of carbonyl (C=O) groups excluding carboxylic acids is 2. The number of rotatable bonds is 8. The Morgan fingerprint density at radius 3 is 2.51 bits per heavy atom. The Bertz CT molecular complexity index is 1340. The van der Waals surface area contributed by atoms with E-state index in [1.165, 1.54) is 12.3 Å². The number of nitrogens with one attached hydrogen (secondary N) is 1. The van der Waals surface area contributed by atoms with Gasteiger partial charge in [0, 0.05) is 36.9 Å². The predicted molar refractivity (Wildman–Crippen MR) is 156 cm³/mol. The van der Waals surface area contributed by atoms with E-state index in [0.717, 1.165) is 54.8 Å². The lowest BCUT2D eigenvalue weighted by molar-refractivity contribution is -0.137. The van der Waals surface area contributed by atoms with Crippen molar-refractivity contribution in [1.82, 2.24) is 10.2 Å². The maximum absolute atomic E-state index is 13.5. The fourth-order valence-electron chi connectivity index (χ4n) is 5.19. The van der Waals surface area contributed by atoms with Crippen LogP contribution in [0.1, 0.15) is 75.1 Å². The van der Waals surface area contributed by atoms with Crippen molar-refractivity contribution in [1.29, 1.82) is 0 Å². The Labute approximate surface area is 244 Å². The highest BCUT2D eigenvalue weighted by molar-refractivity contribution is 6.30. The van der Waals surface area contributed by atoms with Gasteiger partial charge in [0.05, 0.1) is 17.2 Å². The number of aliphatic imine (C=N–C) groups is 1. The monoisotopic (exact) mass is 585 g/mol. The standard InChI is InChI=1S/C32H35ClF3N3O2/c1-21-13-15-39(16-14-21)30(40)8-4-7-29(24-5-3-6-26(18-24)32(34,35)36)38-31(41)28-20-37-19-25(17-22(28)2)23-9-11-27(33)12-10-23/h3,5-6,9-12,18-21,29H,4,7-8,13-17H2,1-2H3,(H,38,41). The lowest BCUT2D eigenvalue weighted by Gasteiger charge is -2.30. The lowest BCUT2D eigenvalue weighted by atomic mass is 9.95. The molecule has 0 spiro atoms. The van der Waals surface area contributed by atoms with Crippen LogP contribution >= 0.6 is 11.6 Å². The van der Waals surface area contributed by atoms with Crippen molar-refractivity contribution in [2.24, 2.45) is 10.9 Å². The highest BCUT2D eigenvalue weighted by atomic mass is 35.5. The van der Waals surface area contributed by atoms with Crippen LogP contribution in [-0.2, 0) is 15.8 Å². The molecular formula is C32H35ClF3N3O2. The summed E-state index contributed by atoms with van der Waals surface area (Å²) in [5.41, 5.74) is 2.55. The summed E-state index contributed by atoms with van der Waals surface area (Å²) in [6.07, 6.45) is 2.11. The Kier molecular flexibility index (Phi) is 10.1. The number of nitrogens with zero attached hydrogens (tertiary/aromatic N) is 2. The van der Waals surface area contributed by atoms with E-state index < -0.39 is 23.7 Å². The maximum Gasteiger partial charge on any atom is 0.416 e. The van der Waals surface area contributed by atoms with E-state index in [-0.39, 0.29) is 12.3 Å². The van der Waals surface area contributed by atoms with Crippen molar-refractivity contribution in [3.63, 3.8) is 0 Å². The van der Waals surface area contributed by atoms with Crippen LogP contribution in [0.5, 0.6) is 0 Å². The molecule has 0 aliphatic carbocycles. The number of hydrogen-bond acceptors (Lipinski definition) is 3. The summed E-state index contributed by atoms with van der Waals surface area (Å²) in [7, 11) is 0. The molecule has 1 atom stereocenters. The molecular weight excluding hydrogens is 551 g/mol. The number of carbonyl (C=O) groups is 2. The van der Waals surface area contributed by atoms with Gasteiger partial charge in [-0.3, -0.25) is 14.6 Å². The summed E-state index contributed by atoms with van der Waals surface area (Å²) >= 11 is 6.01. The summed E-state index contributed by atoms with van der Waals surface area (Å²) in [5.74, 6) is 0.222. The van der Waals surface area contributed by atoms with Crippen molar-refractivity contribution >= 4 is 35.2 Å². The van der Waals surface area contributed by atoms with E-state index in [1.54, 1.807) is 24.4 Å². The van der Waals surface area contributed by atoms with Gasteiger partial charge < -0.3 is 10.2 Å². The van der Waals surface area contributed by atoms with Gasteiger partial charge in [-0.05, 0) is 85.9 Å². The van der Waals surface area contributed by atoms with E-state index in [1.807, 2.05) is 24.0 Å². The summed E-state index contributed by atoms with van der Waals surface area (Å²) < 4.78 is 40.5. The van der Waals surface area contributed by atoms with Crippen LogP contribution in [0.25, 0.3) is 5.57 Å². The van der Waals surface area contributed by atoms with Crippen molar-refractivity contribution in [3.05, 3.63) is 87.6 Å². The second kappa shape index (κ2) is 13.5. The zero-order chi connectivity index (χ0) is 29.6. The number of allylic oxidation sites excluding steroid dienone is 2. The summed E-state index contributed by atoms with van der Waals surface area (Å²) in [6, 6.07) is 11.6. The van der Waals surface area contributed by atoms with Crippen LogP contribution in [0.4, 0.5) is 13.2 Å². The molecule has 41 heavy (non-hydrogen) atoms. The zero-order valence-electron chi connectivity index (χ0n) is 23.3. The quantitative estimate of drug-likeness (QED) is 0.344. The lowest BCUT2D eigenvalue weighted by Crippen LogP contribution is -2.38. The number of benzene rings is 2. The van der Waals surface area contributed by atoms with E-state index in [2.05, 4.69) is 17.2 Å². The minimum absolute atomic E-state index is 0.0428. The highest BCUT2D eigenvalue weighted by Gasteiger charge is 2.31. The Hall–Kier alpha value is -3.39. The van der Waals surface area contributed by atoms with Gasteiger partial charge in [-0.1, -0.05) is 48.4 Å². The number of amides is 2. The number of likely N-dealkylation sites (tertiary alicyclic amines) is 1. The molecule has 1 unspecified atom stereocenters. The van der Waals surface area contributed by atoms with Crippen molar-refractivity contribution in [3.8, 4) is 0 Å². The van der Waals surface area contributed by atoms with Gasteiger partial charge in [0.1, 0.15) is 0 Å². The molecule has 9 heteroatoms. The highest BCUT2D eigenvalue weighted by Crippen LogP contribution is 2.32. The van der Waals surface area contributed by atoms with Crippen LogP contribution in [0, 0.1) is 5.92 Å². The molecule has 2 heterocycles. The van der Waals surface area contributed by atoms with Gasteiger partial charge in [-0.2, -0.15) is 13.2 Å². The van der Waals surface area contributed by atoms with Gasteiger partial charge in [0.2, 0.25) is 5.91 Å². The SMILES string of the molecule is CC1=C(C(=O)NC(CCCC(=O)N2CCC(C)CC2)c2cccc(C(F)(F)F)c2)C=NC=C(c2ccc(Cl)cc2)C1. The smallest absolute Gasteiger partial charge is 0.345 e. The molecule has 218 valence electrons. The van der Waals surface area contributed by atoms with E-state index in [0.29, 0.717) is 41.3 Å². The van der Waals surface area contributed by atoms with Gasteiger partial charge in [-0.25, -0.2) is 0 Å². The molecule has 0 bridgehead atoms. The molecule has 0 saturated carbocycles. The first-order chi connectivity index (χ1) is 19.5. The van der Waals surface area contributed by atoms with E-state index >= 15 is 0 Å². The van der Waals surface area contributed by atoms with Crippen LogP contribution in [0.3, 0.4) is 0 Å². The van der Waals surface area contributed by atoms with E-state index in [9.17, 15) is 22.8 Å². The van der Waals surface area contributed by atoms with Crippen molar-refractivity contribution < 1.29 is 22.8 Å². The largest absolute Gasteiger partial charge is 0.416 e. The second-order valence-electron chi connectivity index (χ2n) is 10.9. The molecule has 4 rings (SSSR count). The fraction of sp³-hybridized carbons (Fsp3) is 0.406. The molecule has 1 saturated heterocycles. The zero-order valence-corrected chi connectivity index (χ0v) is 24.1. The molecule has 0 radical (unpaired) electrons. The summed E-state index contributed by atoms with van der Waals surface area (Å²) in [5, 5.41) is 3.56. The van der Waals surface area contributed by atoms with Crippen LogP contribution < -0.4 is 5.32 Å². The van der Waals surface area contributed by atoms with Gasteiger partial charge >= 0.3 is 6.18 Å². The van der Waals surface area contributed by atoms with Crippen LogP contribution in [0.2, 0.25) is 5.02 Å². The number of alkyl halides is 3. The molecule has 1 fully saturated rings. The van der Waals surface area contributed by atoms with Gasteiger partial charge in [-0.15, -0.1) is 0 Å². The first-order valence-corrected chi connectivity index (χ1v) is 14.3. The minimum Gasteiger partial charge on any atom is -0.345 e. The molecule has 0 aromatic heterocycles. The molecule has 1 N–H and O–H groups in total. The van der Waals surface area contributed by atoms with Crippen molar-refractivity contribution in [2.45, 2.75) is 64.6 Å². The molecule has 2 aliphatic heterocycles. The van der Waals surface area contributed by atoms with Crippen LogP contribution in [0.15, 0.2) is 70.9 Å². The molecule has 5 nitrogen and oxygen atoms in total. The number of piperidine rings is 1. The average Bonchev–Trinajstić information content (AvgIpc) is 3.14. The topological polar surface area (TPSA) is 61.8 Å². The van der Waals surface area contributed by atoms with Crippen molar-refractivity contribution in [2.75, 3.05) is 13.1 Å². The first kappa shape index (κ1) is 30.6. The average molecular weight is 586 g/mol. The normalized spacial score (nSPS) is 17.2. The number of hydrogen-bond donors (Lipinski definition) is 1. The molecule has 2 aromatic rings. The second-order valence-corrected chi connectivity index (χ2v) is 11.4. The third kappa shape index (κ3) is 8.32. The summed E-state index contributed by atoms with van der Waals surface area (Å²) in [6.45, 7) is 5.47. The third-order valence-corrected chi connectivity index (χ3v) is 8.00. The molecule has 2 aliphatic rings. The third-order valence-electron chi connectivity index (χ3n) is 7.75. The fourth-order valence-corrected chi connectivity index (χ4v) is 5.32. The number of halogens is 4. The molecule has 2 amide bonds. The maximum atomic E-state index is 13.5. The van der Waals surface area contributed by atoms with Gasteiger partial charge in [0.25, 0.3) is 5.91 Å². The predicted octanol–water partition coefficient (Wildman–Crippen LogP) is 7.78. The Morgan fingerprint density at radius 2 is 1.83 bits per heavy atom. The minimum atomic E-state index is -4.51. The van der Waals surface area contributed by atoms with Crippen LogP contribution in [-0.4, -0.2) is 36.0 Å². The Balaban J connectivity index is 1.49.